The number of nitrogens with zero attached hydrogens (tertiary/aromatic N) is 1. The van der Waals surface area contributed by atoms with Crippen molar-refractivity contribution in [3.63, 3.8) is 0 Å². The Labute approximate surface area is 121 Å². The van der Waals surface area contributed by atoms with Crippen molar-refractivity contribution < 1.29 is 14.3 Å². The fourth-order valence-corrected chi connectivity index (χ4v) is 3.29. The highest BCUT2D eigenvalue weighted by Crippen LogP contribution is 2.26. The van der Waals surface area contributed by atoms with Crippen molar-refractivity contribution >= 4 is 11.8 Å². The second-order valence-corrected chi connectivity index (χ2v) is 6.39. The van der Waals surface area contributed by atoms with E-state index in [4.69, 9.17) is 4.74 Å². The number of rotatable bonds is 4. The first-order valence-electron chi connectivity index (χ1n) is 7.64. The molecule has 1 N–H and O–H groups in total. The highest BCUT2D eigenvalue weighted by Gasteiger charge is 2.38. The first kappa shape index (κ1) is 15.3. The Balaban J connectivity index is 2.05. The topological polar surface area (TPSA) is 58.6 Å². The number of methoxy groups -OCH3 is 1. The lowest BCUT2D eigenvalue weighted by atomic mass is 9.90. The van der Waals surface area contributed by atoms with Crippen molar-refractivity contribution in [2.45, 2.75) is 64.1 Å². The fraction of sp³-hybridized carbons (Fsp3) is 0.867. The molecule has 0 spiro atoms. The van der Waals surface area contributed by atoms with Crippen LogP contribution in [0.3, 0.4) is 0 Å². The molecule has 0 radical (unpaired) electrons. The van der Waals surface area contributed by atoms with Gasteiger partial charge in [0.15, 0.2) is 0 Å². The molecule has 0 aromatic heterocycles. The molecule has 2 aliphatic rings. The maximum Gasteiger partial charge on any atom is 0.245 e. The molecule has 1 aliphatic carbocycles. The second-order valence-electron chi connectivity index (χ2n) is 6.39. The minimum atomic E-state index is -0.348. The molecule has 5 nitrogen and oxygen atoms in total. The Morgan fingerprint density at radius 2 is 2.10 bits per heavy atom. The van der Waals surface area contributed by atoms with Crippen LogP contribution in [0.25, 0.3) is 0 Å². The quantitative estimate of drug-likeness (QED) is 0.846. The van der Waals surface area contributed by atoms with E-state index >= 15 is 0 Å². The average Bonchev–Trinajstić information content (AvgIpc) is 2.42. The van der Waals surface area contributed by atoms with Gasteiger partial charge in [-0.15, -0.1) is 0 Å². The van der Waals surface area contributed by atoms with Crippen LogP contribution in [0.5, 0.6) is 0 Å². The number of piperazine rings is 1. The number of nitrogens with one attached hydrogen (secondary N) is 1. The molecule has 114 valence electrons. The van der Waals surface area contributed by atoms with Gasteiger partial charge in [0.1, 0.15) is 6.04 Å². The third kappa shape index (κ3) is 3.51. The van der Waals surface area contributed by atoms with E-state index in [0.29, 0.717) is 12.3 Å². The van der Waals surface area contributed by atoms with Gasteiger partial charge in [-0.05, 0) is 38.0 Å². The summed E-state index contributed by atoms with van der Waals surface area (Å²) in [6.07, 6.45) is 4.87. The van der Waals surface area contributed by atoms with Gasteiger partial charge in [-0.3, -0.25) is 9.59 Å². The summed E-state index contributed by atoms with van der Waals surface area (Å²) in [5.74, 6) is 0.442. The van der Waals surface area contributed by atoms with E-state index in [9.17, 15) is 9.59 Å². The lowest BCUT2D eigenvalue weighted by Gasteiger charge is -2.41. The van der Waals surface area contributed by atoms with Gasteiger partial charge in [0, 0.05) is 13.2 Å². The molecule has 3 unspecified atom stereocenters. The first-order valence-corrected chi connectivity index (χ1v) is 7.64. The molecule has 2 fully saturated rings. The Morgan fingerprint density at radius 1 is 1.35 bits per heavy atom. The number of hydrogen-bond acceptors (Lipinski definition) is 3. The fourth-order valence-electron chi connectivity index (χ4n) is 3.29. The van der Waals surface area contributed by atoms with E-state index in [2.05, 4.69) is 19.2 Å². The molecule has 5 heteroatoms. The summed E-state index contributed by atoms with van der Waals surface area (Å²) in [5.41, 5.74) is 0. The molecule has 0 aromatic carbocycles. The number of carbonyl (C=O) groups excluding carboxylic acids is 2. The van der Waals surface area contributed by atoms with Gasteiger partial charge in [0.25, 0.3) is 0 Å². The molecule has 1 saturated heterocycles. The molecule has 1 aliphatic heterocycles. The molecule has 2 amide bonds. The smallest absolute Gasteiger partial charge is 0.245 e. The van der Waals surface area contributed by atoms with Crippen molar-refractivity contribution in [3.8, 4) is 0 Å². The zero-order valence-electron chi connectivity index (χ0n) is 12.7. The van der Waals surface area contributed by atoms with Crippen LogP contribution in [0.4, 0.5) is 0 Å². The van der Waals surface area contributed by atoms with E-state index in [-0.39, 0.29) is 36.5 Å². The molecule has 20 heavy (non-hydrogen) atoms. The number of amides is 2. The van der Waals surface area contributed by atoms with Gasteiger partial charge in [0.05, 0.1) is 12.6 Å². The van der Waals surface area contributed by atoms with Crippen LogP contribution in [-0.4, -0.2) is 48.6 Å². The summed E-state index contributed by atoms with van der Waals surface area (Å²) in [7, 11) is 1.72. The minimum absolute atomic E-state index is 0.0326. The number of carbonyl (C=O) groups is 2. The third-order valence-corrected chi connectivity index (χ3v) is 4.31. The highest BCUT2D eigenvalue weighted by atomic mass is 16.5. The summed E-state index contributed by atoms with van der Waals surface area (Å²) in [6.45, 7) is 4.34. The zero-order chi connectivity index (χ0) is 14.7. The predicted octanol–water partition coefficient (Wildman–Crippen LogP) is 1.32. The standard InChI is InChI=1S/C15H26N2O3/c1-10(2)7-13-15(19)17(9-14(18)16-13)11-5-4-6-12(8-11)20-3/h10-13H,4-9H2,1-3H3,(H,16,18). The third-order valence-electron chi connectivity index (χ3n) is 4.31. The van der Waals surface area contributed by atoms with Gasteiger partial charge >= 0.3 is 0 Å². The van der Waals surface area contributed by atoms with Crippen LogP contribution in [0.2, 0.25) is 0 Å². The largest absolute Gasteiger partial charge is 0.381 e. The maximum atomic E-state index is 12.6. The lowest BCUT2D eigenvalue weighted by molar-refractivity contribution is -0.148. The van der Waals surface area contributed by atoms with Crippen molar-refractivity contribution in [3.05, 3.63) is 0 Å². The molecule has 3 atom stereocenters. The van der Waals surface area contributed by atoms with Crippen molar-refractivity contribution in [1.29, 1.82) is 0 Å². The normalized spacial score (nSPS) is 31.6. The average molecular weight is 282 g/mol. The molecule has 1 saturated carbocycles. The Hall–Kier alpha value is -1.10. The summed E-state index contributed by atoms with van der Waals surface area (Å²) in [6, 6.07) is -0.193. The van der Waals surface area contributed by atoms with Gasteiger partial charge in [0.2, 0.25) is 11.8 Å². The van der Waals surface area contributed by atoms with E-state index in [0.717, 1.165) is 25.7 Å². The van der Waals surface area contributed by atoms with Crippen LogP contribution in [-0.2, 0) is 14.3 Å². The van der Waals surface area contributed by atoms with E-state index < -0.39 is 0 Å². The van der Waals surface area contributed by atoms with Gasteiger partial charge < -0.3 is 15.0 Å². The molecular weight excluding hydrogens is 256 g/mol. The molecule has 0 aromatic rings. The minimum Gasteiger partial charge on any atom is -0.381 e. The summed E-state index contributed by atoms with van der Waals surface area (Å²) >= 11 is 0. The zero-order valence-corrected chi connectivity index (χ0v) is 12.7. The second kappa shape index (κ2) is 6.57. The van der Waals surface area contributed by atoms with E-state index in [1.54, 1.807) is 12.0 Å². The number of ether oxygens (including phenoxy) is 1. The molecule has 0 bridgehead atoms. The van der Waals surface area contributed by atoms with Crippen LogP contribution < -0.4 is 5.32 Å². The first-order chi connectivity index (χ1) is 9.51. The van der Waals surface area contributed by atoms with Crippen LogP contribution in [0, 0.1) is 5.92 Å². The predicted molar refractivity (Wildman–Crippen MR) is 76.2 cm³/mol. The SMILES string of the molecule is COC1CCCC(N2CC(=O)NC(CC(C)C)C2=O)C1. The van der Waals surface area contributed by atoms with Crippen LogP contribution >= 0.6 is 0 Å². The van der Waals surface area contributed by atoms with E-state index in [1.807, 2.05) is 0 Å². The Morgan fingerprint density at radius 3 is 2.75 bits per heavy atom. The Bertz CT molecular complexity index is 370. The van der Waals surface area contributed by atoms with Gasteiger partial charge in [-0.2, -0.15) is 0 Å². The van der Waals surface area contributed by atoms with Crippen molar-refractivity contribution in [2.24, 2.45) is 5.92 Å². The van der Waals surface area contributed by atoms with Gasteiger partial charge in [-0.1, -0.05) is 13.8 Å². The summed E-state index contributed by atoms with van der Waals surface area (Å²) in [4.78, 5) is 26.2. The monoisotopic (exact) mass is 282 g/mol. The molecule has 1 heterocycles. The number of hydrogen-bond donors (Lipinski definition) is 1. The summed E-state index contributed by atoms with van der Waals surface area (Å²) < 4.78 is 5.43. The molecular formula is C15H26N2O3. The maximum absolute atomic E-state index is 12.6. The van der Waals surface area contributed by atoms with E-state index in [1.165, 1.54) is 0 Å². The lowest BCUT2D eigenvalue weighted by Crippen LogP contribution is -2.61. The molecule has 2 rings (SSSR count). The highest BCUT2D eigenvalue weighted by molar-refractivity contribution is 5.95. The Kier molecular flexibility index (Phi) is 5.02. The van der Waals surface area contributed by atoms with Crippen molar-refractivity contribution in [1.82, 2.24) is 10.2 Å². The summed E-state index contributed by atoms with van der Waals surface area (Å²) in [5, 5.41) is 2.83. The van der Waals surface area contributed by atoms with Crippen LogP contribution in [0.1, 0.15) is 46.0 Å². The van der Waals surface area contributed by atoms with Crippen molar-refractivity contribution in [2.75, 3.05) is 13.7 Å². The van der Waals surface area contributed by atoms with Crippen LogP contribution in [0.15, 0.2) is 0 Å². The van der Waals surface area contributed by atoms with Gasteiger partial charge in [-0.25, -0.2) is 0 Å².